The van der Waals surface area contributed by atoms with Gasteiger partial charge in [0.15, 0.2) is 5.90 Å². The molecule has 2 atom stereocenters. The minimum atomic E-state index is -0.523. The number of amides is 3. The van der Waals surface area contributed by atoms with Gasteiger partial charge in [0.05, 0.1) is 0 Å². The summed E-state index contributed by atoms with van der Waals surface area (Å²) in [6.07, 6.45) is 8.09. The molecular weight excluding hydrogens is 483 g/mol. The normalized spacial score (nSPS) is 18.5. The molecule has 2 rings (SSSR count). The highest BCUT2D eigenvalue weighted by Crippen LogP contribution is 2.28. The second-order valence-electron chi connectivity index (χ2n) is 9.82. The minimum absolute atomic E-state index is 0.00363. The Labute approximate surface area is 226 Å². The van der Waals surface area contributed by atoms with Crippen LogP contribution in [0.15, 0.2) is 69.2 Å². The topological polar surface area (TPSA) is 92.7 Å². The summed E-state index contributed by atoms with van der Waals surface area (Å²) in [4.78, 5) is 32.7. The summed E-state index contributed by atoms with van der Waals surface area (Å²) in [5, 5.41) is 4.83. The molecule has 206 valence electrons. The van der Waals surface area contributed by atoms with Gasteiger partial charge in [-0.1, -0.05) is 51.3 Å². The molecule has 3 amide bonds. The number of hydrogen-bond donors (Lipinski definition) is 2. The number of rotatable bonds is 11. The molecule has 1 aromatic heterocycles. The Hall–Kier alpha value is -3.55. The summed E-state index contributed by atoms with van der Waals surface area (Å²) in [7, 11) is 0. The summed E-state index contributed by atoms with van der Waals surface area (Å²) in [6, 6.07) is 2.39. The van der Waals surface area contributed by atoms with Crippen molar-refractivity contribution in [3.8, 4) is 0 Å². The monoisotopic (exact) mass is 524 g/mol. The minimum Gasteiger partial charge on any atom is -0.474 e. The molecular formula is C30H41FN4O3. The molecule has 0 saturated carbocycles. The van der Waals surface area contributed by atoms with Gasteiger partial charge in [-0.3, -0.25) is 15.1 Å². The molecule has 2 N–H and O–H groups in total. The molecule has 0 radical (unpaired) electrons. The Morgan fingerprint density at radius 2 is 1.84 bits per heavy atom. The molecule has 1 aromatic rings. The van der Waals surface area contributed by atoms with Crippen molar-refractivity contribution in [3.63, 3.8) is 0 Å². The smallest absolute Gasteiger partial charge is 0.326 e. The number of aliphatic imine (C=N–C) groups is 1. The van der Waals surface area contributed by atoms with Crippen molar-refractivity contribution in [2.24, 2.45) is 16.8 Å². The molecule has 1 fully saturated rings. The SMILES string of the molecule is CCCC(C)=CC(C=C1NC(=O)NC1=O)=C(C)C(C)C(C)=C(C)N=C(OCc1ncccc1F)C(C)CC. The van der Waals surface area contributed by atoms with E-state index in [1.165, 1.54) is 17.8 Å². The third kappa shape index (κ3) is 8.50. The fourth-order valence-electron chi connectivity index (χ4n) is 3.91. The number of nitrogens with zero attached hydrogens (tertiary/aromatic N) is 2. The first-order valence-electron chi connectivity index (χ1n) is 13.2. The fourth-order valence-corrected chi connectivity index (χ4v) is 3.91. The number of pyridine rings is 1. The van der Waals surface area contributed by atoms with Gasteiger partial charge < -0.3 is 10.1 Å². The molecule has 0 aliphatic carbocycles. The van der Waals surface area contributed by atoms with Crippen molar-refractivity contribution in [1.82, 2.24) is 15.6 Å². The quantitative estimate of drug-likeness (QED) is 0.108. The second kappa shape index (κ2) is 14.4. The fraction of sp³-hybridized carbons (Fsp3) is 0.467. The highest BCUT2D eigenvalue weighted by molar-refractivity contribution is 6.11. The van der Waals surface area contributed by atoms with Crippen LogP contribution in [0.25, 0.3) is 0 Å². The lowest BCUT2D eigenvalue weighted by Crippen LogP contribution is -2.22. The van der Waals surface area contributed by atoms with Gasteiger partial charge in [0.2, 0.25) is 0 Å². The van der Waals surface area contributed by atoms with Crippen molar-refractivity contribution in [2.75, 3.05) is 0 Å². The first-order chi connectivity index (χ1) is 18.0. The maximum absolute atomic E-state index is 14.1. The zero-order valence-corrected chi connectivity index (χ0v) is 23.9. The molecule has 0 spiro atoms. The highest BCUT2D eigenvalue weighted by atomic mass is 19.1. The molecule has 8 heteroatoms. The Bertz CT molecular complexity index is 1190. The molecule has 1 saturated heterocycles. The van der Waals surface area contributed by atoms with Crippen LogP contribution in [0.1, 0.15) is 80.3 Å². The number of imide groups is 1. The summed E-state index contributed by atoms with van der Waals surface area (Å²) in [6.45, 7) is 16.3. The van der Waals surface area contributed by atoms with Crippen molar-refractivity contribution >= 4 is 17.8 Å². The van der Waals surface area contributed by atoms with E-state index in [2.05, 4.69) is 49.4 Å². The average Bonchev–Trinajstić information content (AvgIpc) is 3.21. The van der Waals surface area contributed by atoms with Gasteiger partial charge in [-0.05, 0) is 69.9 Å². The van der Waals surface area contributed by atoms with E-state index in [0.29, 0.717) is 5.90 Å². The van der Waals surface area contributed by atoms with Crippen LogP contribution in [0.4, 0.5) is 9.18 Å². The van der Waals surface area contributed by atoms with Crippen molar-refractivity contribution in [2.45, 2.75) is 81.3 Å². The maximum Gasteiger partial charge on any atom is 0.326 e. The highest BCUT2D eigenvalue weighted by Gasteiger charge is 2.24. The number of aromatic nitrogens is 1. The number of carbonyl (C=O) groups excluding carboxylic acids is 2. The van der Waals surface area contributed by atoms with Gasteiger partial charge in [-0.25, -0.2) is 14.2 Å². The van der Waals surface area contributed by atoms with Crippen molar-refractivity contribution in [1.29, 1.82) is 0 Å². The zero-order chi connectivity index (χ0) is 28.4. The van der Waals surface area contributed by atoms with E-state index < -0.39 is 17.8 Å². The Morgan fingerprint density at radius 1 is 1.13 bits per heavy atom. The number of carbonyl (C=O) groups is 2. The standard InChI is InChI=1S/C30H41FN4O3/c1-9-12-18(3)15-24(16-26-28(36)35-30(37)34-26)22(7)20(5)21(6)23(8)33-29(19(4)10-2)38-17-27-25(31)13-11-14-32-27/h11,13-16,19-20H,9-10,12,17H2,1-8H3,(H2,34,35,36,37). The van der Waals surface area contributed by atoms with Crippen LogP contribution < -0.4 is 10.6 Å². The lowest BCUT2D eigenvalue weighted by molar-refractivity contribution is -0.115. The van der Waals surface area contributed by atoms with Gasteiger partial charge in [0, 0.05) is 23.7 Å². The Kier molecular flexibility index (Phi) is 11.6. The van der Waals surface area contributed by atoms with Crippen LogP contribution in [0.2, 0.25) is 0 Å². The average molecular weight is 525 g/mol. The first kappa shape index (κ1) is 30.7. The van der Waals surface area contributed by atoms with Crippen LogP contribution >= 0.6 is 0 Å². The van der Waals surface area contributed by atoms with E-state index in [-0.39, 0.29) is 29.8 Å². The summed E-state index contributed by atoms with van der Waals surface area (Å²) < 4.78 is 20.0. The van der Waals surface area contributed by atoms with E-state index in [1.54, 1.807) is 12.1 Å². The van der Waals surface area contributed by atoms with Gasteiger partial charge in [0.25, 0.3) is 5.91 Å². The summed E-state index contributed by atoms with van der Waals surface area (Å²) >= 11 is 0. The molecule has 0 bridgehead atoms. The summed E-state index contributed by atoms with van der Waals surface area (Å²) in [5.41, 5.74) is 5.40. The van der Waals surface area contributed by atoms with Gasteiger partial charge in [0.1, 0.15) is 23.8 Å². The van der Waals surface area contributed by atoms with E-state index in [4.69, 9.17) is 9.73 Å². The predicted molar refractivity (Wildman–Crippen MR) is 150 cm³/mol. The first-order valence-corrected chi connectivity index (χ1v) is 13.2. The Balaban J connectivity index is 2.45. The van der Waals surface area contributed by atoms with E-state index in [9.17, 15) is 14.0 Å². The van der Waals surface area contributed by atoms with Crippen LogP contribution in [0, 0.1) is 17.7 Å². The largest absolute Gasteiger partial charge is 0.474 e. The summed E-state index contributed by atoms with van der Waals surface area (Å²) in [5.74, 6) is -0.283. The molecule has 7 nitrogen and oxygen atoms in total. The van der Waals surface area contributed by atoms with E-state index >= 15 is 0 Å². The predicted octanol–water partition coefficient (Wildman–Crippen LogP) is 6.90. The van der Waals surface area contributed by atoms with Crippen LogP contribution in [-0.2, 0) is 16.1 Å². The maximum atomic E-state index is 14.1. The number of nitrogens with one attached hydrogen (secondary N) is 2. The van der Waals surface area contributed by atoms with E-state index in [1.807, 2.05) is 27.7 Å². The molecule has 38 heavy (non-hydrogen) atoms. The third-order valence-corrected chi connectivity index (χ3v) is 6.89. The van der Waals surface area contributed by atoms with Gasteiger partial charge in [-0.2, -0.15) is 0 Å². The molecule has 2 heterocycles. The molecule has 2 unspecified atom stereocenters. The number of hydrogen-bond acceptors (Lipinski definition) is 5. The van der Waals surface area contributed by atoms with Gasteiger partial charge in [-0.15, -0.1) is 0 Å². The lowest BCUT2D eigenvalue weighted by atomic mass is 9.88. The number of halogens is 1. The Morgan fingerprint density at radius 3 is 2.42 bits per heavy atom. The third-order valence-electron chi connectivity index (χ3n) is 6.89. The van der Waals surface area contributed by atoms with Crippen LogP contribution in [0.5, 0.6) is 0 Å². The van der Waals surface area contributed by atoms with Gasteiger partial charge >= 0.3 is 6.03 Å². The van der Waals surface area contributed by atoms with Crippen molar-refractivity contribution in [3.05, 3.63) is 75.7 Å². The van der Waals surface area contributed by atoms with E-state index in [0.717, 1.165) is 41.7 Å². The van der Waals surface area contributed by atoms with Crippen LogP contribution in [0.3, 0.4) is 0 Å². The number of ether oxygens (including phenoxy) is 1. The van der Waals surface area contributed by atoms with Crippen LogP contribution in [-0.4, -0.2) is 22.8 Å². The molecule has 1 aliphatic heterocycles. The van der Waals surface area contributed by atoms with Crippen molar-refractivity contribution < 1.29 is 18.7 Å². The lowest BCUT2D eigenvalue weighted by Gasteiger charge is -2.19. The number of allylic oxidation sites excluding steroid dienone is 7. The number of urea groups is 1. The second-order valence-corrected chi connectivity index (χ2v) is 9.82. The zero-order valence-electron chi connectivity index (χ0n) is 23.9. The molecule has 0 aromatic carbocycles. The molecule has 1 aliphatic rings.